The molecule has 23 heavy (non-hydrogen) atoms. The SMILES string of the molecule is Cc1c[n+]([O-])c(C)c(C)c1[N+](=O)[O-].Cc1cc(C)c(C)[n+]([O-])c1. The van der Waals surface area contributed by atoms with Crippen LogP contribution in [0.15, 0.2) is 18.5 Å². The molecule has 2 aromatic rings. The molecule has 2 aromatic heterocycles. The highest BCUT2D eigenvalue weighted by molar-refractivity contribution is 5.45. The Morgan fingerprint density at radius 2 is 1.39 bits per heavy atom. The zero-order chi connectivity index (χ0) is 17.9. The van der Waals surface area contributed by atoms with Crippen LogP contribution in [-0.4, -0.2) is 4.92 Å². The van der Waals surface area contributed by atoms with Gasteiger partial charge in [0.25, 0.3) is 5.69 Å². The zero-order valence-electron chi connectivity index (χ0n) is 14.2. The Kier molecular flexibility index (Phi) is 5.62. The Labute approximate surface area is 135 Å². The van der Waals surface area contributed by atoms with Crippen molar-refractivity contribution in [2.75, 3.05) is 0 Å². The predicted octanol–water partition coefficient (Wildman–Crippen LogP) is 2.40. The second-order valence-electron chi connectivity index (χ2n) is 5.57. The number of aryl methyl sites for hydroxylation is 3. The molecule has 7 heteroatoms. The molecule has 7 nitrogen and oxygen atoms in total. The number of nitro groups is 1. The van der Waals surface area contributed by atoms with Crippen molar-refractivity contribution in [3.05, 3.63) is 72.6 Å². The lowest BCUT2D eigenvalue weighted by Crippen LogP contribution is -2.31. The first kappa shape index (κ1) is 18.3. The summed E-state index contributed by atoms with van der Waals surface area (Å²) in [5.41, 5.74) is 4.07. The van der Waals surface area contributed by atoms with Crippen LogP contribution >= 0.6 is 0 Å². The van der Waals surface area contributed by atoms with Gasteiger partial charge in [-0.05, 0) is 33.8 Å². The highest BCUT2D eigenvalue weighted by Gasteiger charge is 2.21. The summed E-state index contributed by atoms with van der Waals surface area (Å²) in [5.74, 6) is 0. The van der Waals surface area contributed by atoms with E-state index >= 15 is 0 Å². The van der Waals surface area contributed by atoms with Crippen LogP contribution in [0.5, 0.6) is 0 Å². The Morgan fingerprint density at radius 1 is 0.870 bits per heavy atom. The molecule has 0 bridgehead atoms. The molecule has 0 saturated carbocycles. The van der Waals surface area contributed by atoms with E-state index < -0.39 is 4.92 Å². The van der Waals surface area contributed by atoms with Gasteiger partial charge in [0.05, 0.1) is 16.1 Å². The van der Waals surface area contributed by atoms with Crippen molar-refractivity contribution in [1.29, 1.82) is 0 Å². The van der Waals surface area contributed by atoms with Gasteiger partial charge in [-0.15, -0.1) is 0 Å². The third-order valence-electron chi connectivity index (χ3n) is 3.76. The molecule has 0 N–H and O–H groups in total. The number of rotatable bonds is 1. The standard InChI is InChI=1S/C8H10N2O3.C8H11NO/c1-5-4-9(11)7(3)6(2)8(5)10(12)13;1-6-4-7(2)8(3)9(10)5-6/h4H,1-3H3;4-5H,1-3H3. The molecule has 2 heterocycles. The fourth-order valence-electron chi connectivity index (χ4n) is 2.19. The van der Waals surface area contributed by atoms with E-state index in [-0.39, 0.29) is 5.69 Å². The van der Waals surface area contributed by atoms with E-state index in [1.807, 2.05) is 26.8 Å². The summed E-state index contributed by atoms with van der Waals surface area (Å²) in [6.07, 6.45) is 2.81. The number of pyridine rings is 2. The van der Waals surface area contributed by atoms with E-state index in [0.717, 1.165) is 21.6 Å². The first-order valence-electron chi connectivity index (χ1n) is 7.07. The molecule has 0 amide bonds. The van der Waals surface area contributed by atoms with Gasteiger partial charge in [-0.25, -0.2) is 0 Å². The normalized spacial score (nSPS) is 10.0. The molecule has 0 radical (unpaired) electrons. The van der Waals surface area contributed by atoms with Gasteiger partial charge in [-0.1, -0.05) is 0 Å². The van der Waals surface area contributed by atoms with Gasteiger partial charge in [0.2, 0.25) is 0 Å². The highest BCUT2D eigenvalue weighted by atomic mass is 16.6. The van der Waals surface area contributed by atoms with Crippen LogP contribution in [0.25, 0.3) is 0 Å². The maximum Gasteiger partial charge on any atom is 0.287 e. The molecule has 0 unspecified atom stereocenters. The summed E-state index contributed by atoms with van der Waals surface area (Å²) in [6.45, 7) is 10.4. The molecule has 0 fully saturated rings. The fraction of sp³-hybridized carbons (Fsp3) is 0.375. The van der Waals surface area contributed by atoms with Crippen molar-refractivity contribution in [2.24, 2.45) is 0 Å². The van der Waals surface area contributed by atoms with Crippen molar-refractivity contribution in [3.63, 3.8) is 0 Å². The lowest BCUT2D eigenvalue weighted by atomic mass is 10.1. The number of hydrogen-bond donors (Lipinski definition) is 0. The third-order valence-corrected chi connectivity index (χ3v) is 3.76. The second-order valence-corrected chi connectivity index (χ2v) is 5.57. The van der Waals surface area contributed by atoms with Gasteiger partial charge in [0.15, 0.2) is 23.8 Å². The highest BCUT2D eigenvalue weighted by Crippen LogP contribution is 2.22. The molecule has 0 aliphatic heterocycles. The topological polar surface area (TPSA) is 97.0 Å². The van der Waals surface area contributed by atoms with Gasteiger partial charge in [-0.2, -0.15) is 9.46 Å². The van der Waals surface area contributed by atoms with E-state index in [1.165, 1.54) is 6.20 Å². The van der Waals surface area contributed by atoms with Crippen molar-refractivity contribution in [1.82, 2.24) is 0 Å². The minimum atomic E-state index is -0.461. The summed E-state index contributed by atoms with van der Waals surface area (Å²) in [5, 5.41) is 32.7. The summed E-state index contributed by atoms with van der Waals surface area (Å²) >= 11 is 0. The van der Waals surface area contributed by atoms with Crippen LogP contribution in [-0.2, 0) is 0 Å². The minimum Gasteiger partial charge on any atom is -0.618 e. The van der Waals surface area contributed by atoms with E-state index in [2.05, 4.69) is 0 Å². The molecule has 0 spiro atoms. The Hall–Kier alpha value is -2.70. The Bertz CT molecular complexity index is 734. The maximum atomic E-state index is 11.1. The number of aromatic nitrogens is 2. The van der Waals surface area contributed by atoms with Crippen LogP contribution in [0, 0.1) is 62.1 Å². The molecule has 0 aliphatic rings. The summed E-state index contributed by atoms with van der Waals surface area (Å²) in [7, 11) is 0. The fourth-order valence-corrected chi connectivity index (χ4v) is 2.19. The van der Waals surface area contributed by atoms with Gasteiger partial charge < -0.3 is 10.4 Å². The molecule has 124 valence electrons. The van der Waals surface area contributed by atoms with Gasteiger partial charge in [0, 0.05) is 25.0 Å². The monoisotopic (exact) mass is 319 g/mol. The average molecular weight is 319 g/mol. The summed E-state index contributed by atoms with van der Waals surface area (Å²) in [4.78, 5) is 10.1. The molecule has 0 aromatic carbocycles. The minimum absolute atomic E-state index is 0.0320. The molecule has 0 saturated heterocycles. The summed E-state index contributed by atoms with van der Waals surface area (Å²) < 4.78 is 1.56. The molecule has 0 aliphatic carbocycles. The Balaban J connectivity index is 0.000000238. The number of nitrogens with zero attached hydrogens (tertiary/aromatic N) is 3. The van der Waals surface area contributed by atoms with Gasteiger partial charge >= 0.3 is 0 Å². The van der Waals surface area contributed by atoms with E-state index in [1.54, 1.807) is 27.0 Å². The van der Waals surface area contributed by atoms with Crippen LogP contribution in [0.2, 0.25) is 0 Å². The smallest absolute Gasteiger partial charge is 0.287 e. The van der Waals surface area contributed by atoms with Gasteiger partial charge in [-0.3, -0.25) is 10.1 Å². The quantitative estimate of drug-likeness (QED) is 0.349. The molecular formula is C16H21N3O4. The van der Waals surface area contributed by atoms with Crippen LogP contribution in [0.4, 0.5) is 5.69 Å². The van der Waals surface area contributed by atoms with E-state index in [4.69, 9.17) is 0 Å². The largest absolute Gasteiger partial charge is 0.618 e. The second kappa shape index (κ2) is 7.04. The lowest BCUT2D eigenvalue weighted by Gasteiger charge is -2.05. The van der Waals surface area contributed by atoms with Crippen molar-refractivity contribution < 1.29 is 14.4 Å². The van der Waals surface area contributed by atoms with Crippen molar-refractivity contribution in [3.8, 4) is 0 Å². The van der Waals surface area contributed by atoms with Crippen molar-refractivity contribution >= 4 is 5.69 Å². The average Bonchev–Trinajstić information content (AvgIpc) is 2.42. The summed E-state index contributed by atoms with van der Waals surface area (Å²) in [6, 6.07) is 2.00. The zero-order valence-corrected chi connectivity index (χ0v) is 14.2. The van der Waals surface area contributed by atoms with Crippen LogP contribution in [0.3, 0.4) is 0 Å². The first-order valence-corrected chi connectivity index (χ1v) is 7.07. The molecular weight excluding hydrogens is 298 g/mol. The predicted molar refractivity (Wildman–Crippen MR) is 85.9 cm³/mol. The Morgan fingerprint density at radius 3 is 1.87 bits per heavy atom. The van der Waals surface area contributed by atoms with E-state index in [9.17, 15) is 20.5 Å². The van der Waals surface area contributed by atoms with E-state index in [0.29, 0.717) is 21.6 Å². The molecule has 2 rings (SSSR count). The van der Waals surface area contributed by atoms with Crippen molar-refractivity contribution in [2.45, 2.75) is 41.5 Å². The third kappa shape index (κ3) is 4.15. The van der Waals surface area contributed by atoms with Crippen LogP contribution in [0.1, 0.15) is 33.6 Å². The molecule has 0 atom stereocenters. The van der Waals surface area contributed by atoms with Crippen LogP contribution < -0.4 is 9.46 Å². The lowest BCUT2D eigenvalue weighted by molar-refractivity contribution is -0.613. The maximum absolute atomic E-state index is 11.1. The van der Waals surface area contributed by atoms with Gasteiger partial charge in [0.1, 0.15) is 0 Å². The first-order chi connectivity index (χ1) is 10.6. The number of hydrogen-bond acceptors (Lipinski definition) is 4.